The van der Waals surface area contributed by atoms with Crippen molar-refractivity contribution in [3.8, 4) is 0 Å². The van der Waals surface area contributed by atoms with Gasteiger partial charge in [0.1, 0.15) is 24.7 Å². The summed E-state index contributed by atoms with van der Waals surface area (Å²) in [5.74, 6) is 0. The Hall–Kier alpha value is -2.27. The van der Waals surface area contributed by atoms with Gasteiger partial charge in [-0.05, 0) is 25.7 Å². The zero-order valence-electron chi connectivity index (χ0n) is 19.8. The molecule has 2 aromatic rings. The minimum Gasteiger partial charge on any atom is -0.394 e. The first-order valence-corrected chi connectivity index (χ1v) is 13.9. The fourth-order valence-electron chi connectivity index (χ4n) is 4.15. The lowest BCUT2D eigenvalue weighted by Crippen LogP contribution is -2.33. The number of nitrogens with one attached hydrogen (secondary N) is 2. The van der Waals surface area contributed by atoms with Gasteiger partial charge in [0, 0.05) is 36.4 Å². The van der Waals surface area contributed by atoms with Gasteiger partial charge >= 0.3 is 18.1 Å². The van der Waals surface area contributed by atoms with Crippen molar-refractivity contribution in [2.24, 2.45) is 0 Å². The number of hydrogen-bond acceptors (Lipinski definition) is 11. The molecule has 4 rings (SSSR count). The Morgan fingerprint density at radius 2 is 1.51 bits per heavy atom. The van der Waals surface area contributed by atoms with Crippen molar-refractivity contribution < 1.29 is 33.6 Å². The Labute approximate surface area is 213 Å². The standard InChI is InChI=1S/C20H27N4O11PS/c1-9-5-23(19(29)21-17(9)27)15-3-11(26)14(34-15)8-32-36(31,37)35-12-4-16(33-13(12)7-25)24-6-10(2)18(28)22-20(24)30/h5-6,11-16,25-26H,3-4,7-8H2,1-2H3,(H,31,37)(H,21,27,29)(H,22,28,30)/t11-,12-,13-,14-,15-,16-,36?/m1/s1. The second kappa shape index (κ2) is 10.8. The molecular weight excluding hydrogens is 535 g/mol. The van der Waals surface area contributed by atoms with E-state index >= 15 is 0 Å². The van der Waals surface area contributed by atoms with Gasteiger partial charge in [0.2, 0.25) is 0 Å². The van der Waals surface area contributed by atoms with Gasteiger partial charge in [-0.25, -0.2) is 9.59 Å². The second-order valence-corrected chi connectivity index (χ2v) is 11.6. The van der Waals surface area contributed by atoms with Gasteiger partial charge in [-0.1, -0.05) is 0 Å². The van der Waals surface area contributed by atoms with Gasteiger partial charge < -0.3 is 33.6 Å². The number of ether oxygens (including phenoxy) is 2. The largest absolute Gasteiger partial charge is 0.394 e. The van der Waals surface area contributed by atoms with Gasteiger partial charge in [-0.2, -0.15) is 0 Å². The Kier molecular flexibility index (Phi) is 8.13. The highest BCUT2D eigenvalue weighted by atomic mass is 32.5. The molecule has 2 aliphatic heterocycles. The minimum atomic E-state index is -3.94. The van der Waals surface area contributed by atoms with E-state index in [1.54, 1.807) is 0 Å². The maximum atomic E-state index is 12.2. The number of H-pyrrole nitrogens is 2. The van der Waals surface area contributed by atoms with Crippen LogP contribution in [0.5, 0.6) is 0 Å². The van der Waals surface area contributed by atoms with Crippen molar-refractivity contribution in [3.05, 3.63) is 65.2 Å². The summed E-state index contributed by atoms with van der Waals surface area (Å²) in [4.78, 5) is 62.5. The van der Waals surface area contributed by atoms with E-state index in [9.17, 15) is 34.3 Å². The van der Waals surface area contributed by atoms with Crippen LogP contribution >= 0.6 is 6.72 Å². The van der Waals surface area contributed by atoms with Crippen LogP contribution in [0.1, 0.15) is 36.4 Å². The third kappa shape index (κ3) is 6.08. The molecule has 17 heteroatoms. The summed E-state index contributed by atoms with van der Waals surface area (Å²) in [6, 6.07) is 0. The van der Waals surface area contributed by atoms with Gasteiger partial charge in [-0.15, -0.1) is 0 Å². The quantitative estimate of drug-likeness (QED) is 0.227. The van der Waals surface area contributed by atoms with Crippen LogP contribution in [0, 0.1) is 13.8 Å². The number of aliphatic hydroxyl groups is 2. The fourth-order valence-corrected chi connectivity index (χ4v) is 5.63. The maximum absolute atomic E-state index is 12.2. The van der Waals surface area contributed by atoms with Crippen LogP contribution in [0.3, 0.4) is 0 Å². The van der Waals surface area contributed by atoms with E-state index in [2.05, 4.69) is 9.97 Å². The van der Waals surface area contributed by atoms with E-state index in [-0.39, 0.29) is 30.6 Å². The lowest BCUT2D eigenvalue weighted by atomic mass is 10.2. The number of aromatic nitrogens is 4. The van der Waals surface area contributed by atoms with Crippen molar-refractivity contribution in [1.29, 1.82) is 0 Å². The summed E-state index contributed by atoms with van der Waals surface area (Å²) < 4.78 is 24.6. The topological polar surface area (TPSA) is 207 Å². The van der Waals surface area contributed by atoms with Crippen LogP contribution in [-0.4, -0.2) is 71.8 Å². The summed E-state index contributed by atoms with van der Waals surface area (Å²) in [6.07, 6.45) is -3.05. The molecule has 2 aliphatic rings. The van der Waals surface area contributed by atoms with E-state index in [0.29, 0.717) is 0 Å². The van der Waals surface area contributed by atoms with Crippen LogP contribution in [-0.2, 0) is 30.3 Å². The van der Waals surface area contributed by atoms with Crippen LogP contribution in [0.25, 0.3) is 0 Å². The van der Waals surface area contributed by atoms with Crippen molar-refractivity contribution in [2.75, 3.05) is 13.2 Å². The van der Waals surface area contributed by atoms with Crippen LogP contribution in [0.4, 0.5) is 0 Å². The van der Waals surface area contributed by atoms with Gasteiger partial charge in [0.05, 0.1) is 25.4 Å². The molecule has 0 spiro atoms. The molecule has 15 nitrogen and oxygen atoms in total. The molecule has 0 aliphatic carbocycles. The molecule has 1 unspecified atom stereocenters. The zero-order valence-corrected chi connectivity index (χ0v) is 21.5. The van der Waals surface area contributed by atoms with Crippen LogP contribution < -0.4 is 22.5 Å². The number of aliphatic hydroxyl groups excluding tert-OH is 2. The molecule has 0 amide bonds. The minimum absolute atomic E-state index is 0.0119. The maximum Gasteiger partial charge on any atom is 0.330 e. The van der Waals surface area contributed by atoms with E-state index in [0.717, 1.165) is 9.13 Å². The second-order valence-electron chi connectivity index (χ2n) is 8.85. The predicted molar refractivity (Wildman–Crippen MR) is 130 cm³/mol. The van der Waals surface area contributed by atoms with Crippen LogP contribution in [0.2, 0.25) is 0 Å². The van der Waals surface area contributed by atoms with E-state index in [1.807, 2.05) is 0 Å². The zero-order chi connectivity index (χ0) is 27.1. The highest BCUT2D eigenvalue weighted by molar-refractivity contribution is 8.07. The molecule has 37 heavy (non-hydrogen) atoms. The number of nitrogens with zero attached hydrogens (tertiary/aromatic N) is 2. The summed E-state index contributed by atoms with van der Waals surface area (Å²) in [7, 11) is 0. The number of rotatable bonds is 8. The Morgan fingerprint density at radius 3 is 2.05 bits per heavy atom. The molecule has 2 saturated heterocycles. The van der Waals surface area contributed by atoms with Crippen molar-refractivity contribution in [1.82, 2.24) is 19.1 Å². The lowest BCUT2D eigenvalue weighted by molar-refractivity contribution is -0.0531. The number of aryl methyl sites for hydroxylation is 2. The fraction of sp³-hybridized carbons (Fsp3) is 0.600. The molecule has 5 N–H and O–H groups in total. The average Bonchev–Trinajstić information content (AvgIpc) is 3.39. The monoisotopic (exact) mass is 562 g/mol. The van der Waals surface area contributed by atoms with Crippen molar-refractivity contribution in [3.63, 3.8) is 0 Å². The summed E-state index contributed by atoms with van der Waals surface area (Å²) in [6.45, 7) is -1.79. The molecular formula is C20H27N4O11PS. The Bertz CT molecular complexity index is 1430. The smallest absolute Gasteiger partial charge is 0.330 e. The summed E-state index contributed by atoms with van der Waals surface area (Å²) in [5, 5.41) is 20.1. The Balaban J connectivity index is 1.39. The van der Waals surface area contributed by atoms with Gasteiger partial charge in [-0.3, -0.25) is 28.7 Å². The molecule has 0 radical (unpaired) electrons. The number of hydrogen-bond donors (Lipinski definition) is 5. The first kappa shape index (κ1) is 27.8. The third-order valence-electron chi connectivity index (χ3n) is 6.15. The predicted octanol–water partition coefficient (Wildman–Crippen LogP) is -1.75. The first-order chi connectivity index (χ1) is 17.4. The molecule has 7 atom stereocenters. The molecule has 2 aromatic heterocycles. The van der Waals surface area contributed by atoms with E-state index in [1.165, 1.54) is 26.2 Å². The van der Waals surface area contributed by atoms with Crippen molar-refractivity contribution in [2.45, 2.75) is 63.6 Å². The number of aromatic amines is 2. The first-order valence-electron chi connectivity index (χ1n) is 11.3. The highest BCUT2D eigenvalue weighted by Gasteiger charge is 2.42. The molecule has 204 valence electrons. The summed E-state index contributed by atoms with van der Waals surface area (Å²) >= 11 is 5.09. The van der Waals surface area contributed by atoms with Crippen molar-refractivity contribution >= 4 is 18.5 Å². The van der Waals surface area contributed by atoms with Gasteiger partial charge in [0.15, 0.2) is 0 Å². The Morgan fingerprint density at radius 1 is 1.00 bits per heavy atom. The third-order valence-corrected chi connectivity index (χ3v) is 7.73. The highest BCUT2D eigenvalue weighted by Crippen LogP contribution is 2.49. The molecule has 2 fully saturated rings. The molecule has 0 saturated carbocycles. The summed E-state index contributed by atoms with van der Waals surface area (Å²) in [5.41, 5.74) is -1.92. The van der Waals surface area contributed by atoms with Crippen LogP contribution in [0.15, 0.2) is 31.6 Å². The molecule has 4 heterocycles. The molecule has 0 bridgehead atoms. The normalized spacial score (nSPS) is 29.4. The van der Waals surface area contributed by atoms with Gasteiger partial charge in [0.25, 0.3) is 11.1 Å². The average molecular weight is 562 g/mol. The lowest BCUT2D eigenvalue weighted by Gasteiger charge is -2.24. The van der Waals surface area contributed by atoms with E-state index < -0.39 is 72.7 Å². The SMILES string of the molecule is Cc1cn([C@H]2C[C@@H](O)[C@@H](COP(O)(=S)O[C@@H]3C[C@H](n4cc(C)c(=O)[nH]c4=O)O[C@@H]3CO)O2)c(=O)[nH]c1=O. The van der Waals surface area contributed by atoms with E-state index in [4.69, 9.17) is 30.3 Å². The molecule has 0 aromatic carbocycles.